The van der Waals surface area contributed by atoms with Crippen molar-refractivity contribution in [3.05, 3.63) is 64.2 Å². The van der Waals surface area contributed by atoms with Gasteiger partial charge in [-0.2, -0.15) is 0 Å². The van der Waals surface area contributed by atoms with Crippen LogP contribution in [0.3, 0.4) is 0 Å². The van der Waals surface area contributed by atoms with E-state index in [-0.39, 0.29) is 11.5 Å². The van der Waals surface area contributed by atoms with Crippen molar-refractivity contribution in [2.45, 2.75) is 20.8 Å². The molecule has 0 fully saturated rings. The lowest BCUT2D eigenvalue weighted by atomic mass is 10.0. The average molecular weight is 283 g/mol. The Morgan fingerprint density at radius 2 is 1.67 bits per heavy atom. The molecule has 108 valence electrons. The van der Waals surface area contributed by atoms with Crippen LogP contribution in [0.25, 0.3) is 0 Å². The van der Waals surface area contributed by atoms with Crippen molar-refractivity contribution in [3.8, 4) is 0 Å². The molecular weight excluding hydrogens is 266 g/mol. The van der Waals surface area contributed by atoms with E-state index in [1.807, 2.05) is 26.0 Å². The molecule has 0 saturated heterocycles. The Hall–Kier alpha value is -2.62. The molecule has 0 aliphatic heterocycles. The predicted octanol–water partition coefficient (Wildman–Crippen LogP) is 3.56. The van der Waals surface area contributed by atoms with E-state index in [0.29, 0.717) is 16.8 Å². The number of hydrogen-bond donors (Lipinski definition) is 2. The molecule has 0 bridgehead atoms. The maximum Gasteiger partial charge on any atom is 0.337 e. The Balaban J connectivity index is 2.38. The van der Waals surface area contributed by atoms with Crippen LogP contribution in [-0.4, -0.2) is 17.0 Å². The lowest BCUT2D eigenvalue weighted by molar-refractivity contribution is 0.0698. The first kappa shape index (κ1) is 14.8. The van der Waals surface area contributed by atoms with Gasteiger partial charge in [-0.25, -0.2) is 4.79 Å². The summed E-state index contributed by atoms with van der Waals surface area (Å²) in [5, 5.41) is 11.9. The molecule has 0 saturated carbocycles. The van der Waals surface area contributed by atoms with E-state index in [1.54, 1.807) is 25.1 Å². The number of amides is 1. The van der Waals surface area contributed by atoms with Crippen molar-refractivity contribution < 1.29 is 14.7 Å². The summed E-state index contributed by atoms with van der Waals surface area (Å²) in [5.74, 6) is -1.36. The molecule has 2 aromatic rings. The van der Waals surface area contributed by atoms with E-state index in [1.165, 1.54) is 6.07 Å². The Bertz CT molecular complexity index is 720. The molecular formula is C17H17NO3. The van der Waals surface area contributed by atoms with E-state index in [2.05, 4.69) is 5.32 Å². The highest BCUT2D eigenvalue weighted by Crippen LogP contribution is 2.22. The summed E-state index contributed by atoms with van der Waals surface area (Å²) in [6.07, 6.45) is 0. The Kier molecular flexibility index (Phi) is 4.08. The number of nitrogens with one attached hydrogen (secondary N) is 1. The number of anilines is 1. The maximum atomic E-state index is 12.4. The van der Waals surface area contributed by atoms with Crippen LogP contribution in [0.15, 0.2) is 36.4 Å². The Labute approximate surface area is 123 Å². The van der Waals surface area contributed by atoms with Crippen molar-refractivity contribution >= 4 is 17.6 Å². The molecule has 4 nitrogen and oxygen atoms in total. The quantitative estimate of drug-likeness (QED) is 0.905. The molecule has 2 N–H and O–H groups in total. The number of benzene rings is 2. The van der Waals surface area contributed by atoms with Crippen molar-refractivity contribution in [2.75, 3.05) is 5.32 Å². The monoisotopic (exact) mass is 283 g/mol. The van der Waals surface area contributed by atoms with Crippen LogP contribution >= 0.6 is 0 Å². The van der Waals surface area contributed by atoms with Gasteiger partial charge in [-0.05, 0) is 44.0 Å². The van der Waals surface area contributed by atoms with Crippen LogP contribution in [0.4, 0.5) is 5.69 Å². The average Bonchev–Trinajstić information content (AvgIpc) is 2.40. The zero-order valence-corrected chi connectivity index (χ0v) is 12.2. The van der Waals surface area contributed by atoms with Gasteiger partial charge in [0.25, 0.3) is 5.91 Å². The number of rotatable bonds is 3. The molecule has 2 aromatic carbocycles. The zero-order valence-electron chi connectivity index (χ0n) is 12.2. The summed E-state index contributed by atoms with van der Waals surface area (Å²) in [5.41, 5.74) is 3.63. The highest BCUT2D eigenvalue weighted by Gasteiger charge is 2.16. The van der Waals surface area contributed by atoms with E-state index in [4.69, 9.17) is 0 Å². The molecule has 0 aliphatic rings. The summed E-state index contributed by atoms with van der Waals surface area (Å²) >= 11 is 0. The second-order valence-corrected chi connectivity index (χ2v) is 5.08. The van der Waals surface area contributed by atoms with Crippen molar-refractivity contribution in [1.82, 2.24) is 0 Å². The van der Waals surface area contributed by atoms with Crippen LogP contribution in [0.1, 0.15) is 37.4 Å². The first-order valence-electron chi connectivity index (χ1n) is 6.61. The molecule has 0 spiro atoms. The molecule has 0 aromatic heterocycles. The van der Waals surface area contributed by atoms with Crippen LogP contribution in [0, 0.1) is 20.8 Å². The number of carbonyl (C=O) groups excluding carboxylic acids is 1. The lowest BCUT2D eigenvalue weighted by Crippen LogP contribution is -2.17. The summed E-state index contributed by atoms with van der Waals surface area (Å²) < 4.78 is 0. The smallest absolute Gasteiger partial charge is 0.337 e. The minimum atomic E-state index is -1.06. The molecule has 0 radical (unpaired) electrons. The molecule has 4 heteroatoms. The fourth-order valence-electron chi connectivity index (χ4n) is 2.26. The highest BCUT2D eigenvalue weighted by molar-refractivity contribution is 6.09. The highest BCUT2D eigenvalue weighted by atomic mass is 16.4. The second-order valence-electron chi connectivity index (χ2n) is 5.08. The van der Waals surface area contributed by atoms with Gasteiger partial charge in [0.15, 0.2) is 0 Å². The molecule has 0 heterocycles. The summed E-state index contributed by atoms with van der Waals surface area (Å²) in [7, 11) is 0. The molecule has 2 rings (SSSR count). The summed E-state index contributed by atoms with van der Waals surface area (Å²) in [6.45, 7) is 5.58. The molecule has 0 atom stereocenters. The van der Waals surface area contributed by atoms with Crippen LogP contribution in [0.5, 0.6) is 0 Å². The minimum absolute atomic E-state index is 0.0908. The van der Waals surface area contributed by atoms with Gasteiger partial charge in [-0.15, -0.1) is 0 Å². The third-order valence-electron chi connectivity index (χ3n) is 3.37. The third kappa shape index (κ3) is 3.11. The van der Waals surface area contributed by atoms with E-state index < -0.39 is 5.97 Å². The largest absolute Gasteiger partial charge is 0.478 e. The van der Waals surface area contributed by atoms with Gasteiger partial charge in [0.2, 0.25) is 0 Å². The minimum Gasteiger partial charge on any atom is -0.478 e. The number of aryl methyl sites for hydroxylation is 3. The van der Waals surface area contributed by atoms with Gasteiger partial charge in [0, 0.05) is 5.56 Å². The fraction of sp³-hybridized carbons (Fsp3) is 0.176. The topological polar surface area (TPSA) is 66.4 Å². The number of carboxylic acids is 1. The normalized spacial score (nSPS) is 10.2. The number of hydrogen-bond acceptors (Lipinski definition) is 2. The summed E-state index contributed by atoms with van der Waals surface area (Å²) in [4.78, 5) is 23.6. The van der Waals surface area contributed by atoms with Gasteiger partial charge in [-0.3, -0.25) is 4.79 Å². The van der Waals surface area contributed by atoms with Crippen LogP contribution in [-0.2, 0) is 0 Å². The second kappa shape index (κ2) is 5.79. The zero-order chi connectivity index (χ0) is 15.6. The van der Waals surface area contributed by atoms with Gasteiger partial charge in [0.1, 0.15) is 0 Å². The standard InChI is InChI=1S/C17H17NO3/c1-10-7-8-13(12(3)9-10)16(19)18-15-11(2)5-4-6-14(15)17(20)21/h4-9H,1-3H3,(H,18,19)(H,20,21). The number of carboxylic acid groups (broad SMARTS) is 1. The van der Waals surface area contributed by atoms with Gasteiger partial charge in [0.05, 0.1) is 11.3 Å². The summed E-state index contributed by atoms with van der Waals surface area (Å²) in [6, 6.07) is 10.4. The van der Waals surface area contributed by atoms with Gasteiger partial charge in [-0.1, -0.05) is 29.8 Å². The molecule has 0 unspecified atom stereocenters. The lowest BCUT2D eigenvalue weighted by Gasteiger charge is -2.13. The Morgan fingerprint density at radius 1 is 0.952 bits per heavy atom. The predicted molar refractivity (Wildman–Crippen MR) is 82.0 cm³/mol. The van der Waals surface area contributed by atoms with E-state index >= 15 is 0 Å². The van der Waals surface area contributed by atoms with E-state index in [0.717, 1.165) is 11.1 Å². The first-order chi connectivity index (χ1) is 9.90. The molecule has 1 amide bonds. The molecule has 21 heavy (non-hydrogen) atoms. The fourth-order valence-corrected chi connectivity index (χ4v) is 2.26. The van der Waals surface area contributed by atoms with E-state index in [9.17, 15) is 14.7 Å². The van der Waals surface area contributed by atoms with Crippen LogP contribution in [0.2, 0.25) is 0 Å². The van der Waals surface area contributed by atoms with Crippen molar-refractivity contribution in [1.29, 1.82) is 0 Å². The number of carbonyl (C=O) groups is 2. The van der Waals surface area contributed by atoms with Gasteiger partial charge >= 0.3 is 5.97 Å². The first-order valence-corrected chi connectivity index (χ1v) is 6.61. The van der Waals surface area contributed by atoms with Crippen LogP contribution < -0.4 is 5.32 Å². The SMILES string of the molecule is Cc1ccc(C(=O)Nc2c(C)cccc2C(=O)O)c(C)c1. The van der Waals surface area contributed by atoms with Crippen molar-refractivity contribution in [2.24, 2.45) is 0 Å². The third-order valence-corrected chi connectivity index (χ3v) is 3.37. The van der Waals surface area contributed by atoms with Gasteiger partial charge < -0.3 is 10.4 Å². The Morgan fingerprint density at radius 3 is 2.29 bits per heavy atom. The molecule has 0 aliphatic carbocycles. The number of para-hydroxylation sites is 1. The van der Waals surface area contributed by atoms with Crippen molar-refractivity contribution in [3.63, 3.8) is 0 Å². The maximum absolute atomic E-state index is 12.4. The number of aromatic carboxylic acids is 1.